The van der Waals surface area contributed by atoms with Crippen molar-refractivity contribution in [2.75, 3.05) is 0 Å². The van der Waals surface area contributed by atoms with Crippen molar-refractivity contribution >= 4 is 21.8 Å². The van der Waals surface area contributed by atoms with Crippen LogP contribution in [0.3, 0.4) is 0 Å². The Labute approximate surface area is 261 Å². The number of rotatable bonds is 5. The van der Waals surface area contributed by atoms with Crippen molar-refractivity contribution in [3.8, 4) is 56.5 Å². The lowest BCUT2D eigenvalue weighted by molar-refractivity contribution is 1.07. The van der Waals surface area contributed by atoms with Gasteiger partial charge in [0.05, 0.1) is 16.7 Å². The van der Waals surface area contributed by atoms with Crippen LogP contribution in [0.5, 0.6) is 0 Å². The van der Waals surface area contributed by atoms with Crippen molar-refractivity contribution in [1.82, 2.24) is 24.9 Å². The minimum Gasteiger partial charge on any atom is -0.251 e. The van der Waals surface area contributed by atoms with E-state index in [9.17, 15) is 0 Å². The van der Waals surface area contributed by atoms with Crippen LogP contribution in [0, 0.1) is 6.92 Å². The molecule has 0 fully saturated rings. The van der Waals surface area contributed by atoms with Crippen molar-refractivity contribution < 1.29 is 0 Å². The van der Waals surface area contributed by atoms with Gasteiger partial charge in [0.25, 0.3) is 0 Å². The largest absolute Gasteiger partial charge is 0.251 e. The summed E-state index contributed by atoms with van der Waals surface area (Å²) in [6, 6.07) is 49.5. The molecule has 45 heavy (non-hydrogen) atoms. The fourth-order valence-electron chi connectivity index (χ4n) is 5.73. The average Bonchev–Trinajstić information content (AvgIpc) is 3.12. The Morgan fingerprint density at radius 1 is 0.378 bits per heavy atom. The van der Waals surface area contributed by atoms with E-state index in [1.807, 2.05) is 91.9 Å². The van der Waals surface area contributed by atoms with E-state index in [0.717, 1.165) is 66.6 Å². The number of fused-ring (bicyclic) bond motifs is 3. The summed E-state index contributed by atoms with van der Waals surface area (Å²) >= 11 is 0. The molecule has 0 saturated carbocycles. The van der Waals surface area contributed by atoms with Gasteiger partial charge in [0.15, 0.2) is 17.5 Å². The molecule has 8 aromatic rings. The Morgan fingerprint density at radius 3 is 1.56 bits per heavy atom. The minimum atomic E-state index is 0.619. The molecule has 0 saturated heterocycles. The van der Waals surface area contributed by atoms with Gasteiger partial charge in [0.1, 0.15) is 0 Å². The topological polar surface area (TPSA) is 64.5 Å². The molecule has 0 unspecified atom stereocenters. The van der Waals surface area contributed by atoms with Crippen LogP contribution in [0.15, 0.2) is 146 Å². The van der Waals surface area contributed by atoms with Gasteiger partial charge in [-0.05, 0) is 36.2 Å². The van der Waals surface area contributed by atoms with Crippen LogP contribution < -0.4 is 0 Å². The summed E-state index contributed by atoms with van der Waals surface area (Å²) in [6.45, 7) is 2.02. The van der Waals surface area contributed by atoms with Crippen LogP contribution in [0.2, 0.25) is 0 Å². The molecule has 3 aromatic heterocycles. The predicted molar refractivity (Wildman–Crippen MR) is 182 cm³/mol. The van der Waals surface area contributed by atoms with E-state index in [0.29, 0.717) is 17.5 Å². The van der Waals surface area contributed by atoms with Gasteiger partial charge in [-0.3, -0.25) is 4.98 Å². The molecular formula is C40H27N5. The molecule has 3 heterocycles. The van der Waals surface area contributed by atoms with Crippen molar-refractivity contribution in [2.24, 2.45) is 0 Å². The van der Waals surface area contributed by atoms with Gasteiger partial charge in [-0.1, -0.05) is 127 Å². The Balaban J connectivity index is 1.34. The predicted octanol–water partition coefficient (Wildman–Crippen LogP) is 9.61. The van der Waals surface area contributed by atoms with E-state index >= 15 is 0 Å². The molecule has 8 rings (SSSR count). The summed E-state index contributed by atoms with van der Waals surface area (Å²) in [4.78, 5) is 24.9. The first-order chi connectivity index (χ1) is 22.2. The number of hydrogen-bond acceptors (Lipinski definition) is 5. The third-order valence-corrected chi connectivity index (χ3v) is 7.98. The molecule has 0 radical (unpaired) electrons. The van der Waals surface area contributed by atoms with Crippen LogP contribution in [0.25, 0.3) is 78.4 Å². The zero-order valence-corrected chi connectivity index (χ0v) is 24.6. The van der Waals surface area contributed by atoms with Gasteiger partial charge in [-0.2, -0.15) is 0 Å². The maximum atomic E-state index is 5.18. The summed E-state index contributed by atoms with van der Waals surface area (Å²) in [5.74, 6) is 1.89. The molecule has 0 atom stereocenters. The minimum absolute atomic E-state index is 0.619. The summed E-state index contributed by atoms with van der Waals surface area (Å²) in [7, 11) is 0. The first-order valence-corrected chi connectivity index (χ1v) is 14.9. The lowest BCUT2D eigenvalue weighted by atomic mass is 9.95. The molecule has 0 amide bonds. The van der Waals surface area contributed by atoms with Gasteiger partial charge < -0.3 is 0 Å². The second-order valence-electron chi connectivity index (χ2n) is 11.0. The molecule has 212 valence electrons. The van der Waals surface area contributed by atoms with Crippen LogP contribution in [-0.4, -0.2) is 24.9 Å². The van der Waals surface area contributed by atoms with Crippen LogP contribution in [0.4, 0.5) is 0 Å². The maximum absolute atomic E-state index is 5.18. The lowest BCUT2D eigenvalue weighted by Crippen LogP contribution is -2.00. The molecule has 0 bridgehead atoms. The monoisotopic (exact) mass is 577 g/mol. The van der Waals surface area contributed by atoms with Crippen molar-refractivity contribution in [1.29, 1.82) is 0 Å². The molecule has 0 spiro atoms. The zero-order chi connectivity index (χ0) is 30.2. The number of aromatic nitrogens is 5. The van der Waals surface area contributed by atoms with Crippen molar-refractivity contribution in [3.05, 3.63) is 151 Å². The van der Waals surface area contributed by atoms with Crippen LogP contribution >= 0.6 is 0 Å². The van der Waals surface area contributed by atoms with Crippen molar-refractivity contribution in [2.45, 2.75) is 6.92 Å². The highest BCUT2D eigenvalue weighted by molar-refractivity contribution is 6.09. The van der Waals surface area contributed by atoms with E-state index in [1.54, 1.807) is 0 Å². The molecule has 5 aromatic carbocycles. The number of nitrogens with zero attached hydrogens (tertiary/aromatic N) is 5. The number of hydrogen-bond donors (Lipinski definition) is 0. The second-order valence-corrected chi connectivity index (χ2v) is 11.0. The molecule has 0 aliphatic heterocycles. The average molecular weight is 578 g/mol. The second kappa shape index (κ2) is 11.2. The van der Waals surface area contributed by atoms with E-state index in [-0.39, 0.29) is 0 Å². The smallest absolute Gasteiger partial charge is 0.164 e. The fraction of sp³-hybridized carbons (Fsp3) is 0.0250. The summed E-state index contributed by atoms with van der Waals surface area (Å²) < 4.78 is 0. The first kappa shape index (κ1) is 26.5. The summed E-state index contributed by atoms with van der Waals surface area (Å²) in [5.41, 5.74) is 9.62. The molecule has 0 aliphatic carbocycles. The van der Waals surface area contributed by atoms with E-state index in [1.165, 1.54) is 0 Å². The number of pyridine rings is 2. The SMILES string of the molecule is Cc1ccc2ccc3c(-c4cccc(-c5nc(-c6ccccc6)nc(-c6ccccc6)n5)c4)cc(-c4ccccc4)nc3c2n1. The molecule has 5 heteroatoms. The fourth-order valence-corrected chi connectivity index (χ4v) is 5.73. The van der Waals surface area contributed by atoms with Crippen LogP contribution in [-0.2, 0) is 0 Å². The third kappa shape index (κ3) is 5.11. The third-order valence-electron chi connectivity index (χ3n) is 7.98. The first-order valence-electron chi connectivity index (χ1n) is 14.9. The van der Waals surface area contributed by atoms with E-state index in [4.69, 9.17) is 24.9 Å². The Kier molecular flexibility index (Phi) is 6.61. The molecule has 0 aliphatic rings. The highest BCUT2D eigenvalue weighted by atomic mass is 15.0. The highest BCUT2D eigenvalue weighted by Crippen LogP contribution is 2.36. The highest BCUT2D eigenvalue weighted by Gasteiger charge is 2.16. The van der Waals surface area contributed by atoms with Crippen molar-refractivity contribution in [3.63, 3.8) is 0 Å². The Bertz CT molecular complexity index is 2260. The Hall–Kier alpha value is -6.07. The van der Waals surface area contributed by atoms with Crippen LogP contribution in [0.1, 0.15) is 5.69 Å². The molecule has 5 nitrogen and oxygen atoms in total. The lowest BCUT2D eigenvalue weighted by Gasteiger charge is -2.13. The van der Waals surface area contributed by atoms with Gasteiger partial charge in [0, 0.05) is 38.7 Å². The standard InChI is InChI=1S/C40H27N5/c1-26-20-21-28-22-23-33-34(25-35(27-12-5-2-6-13-27)42-37(33)36(28)41-26)31-18-11-19-32(24-31)40-44-38(29-14-7-3-8-15-29)43-39(45-40)30-16-9-4-10-17-30/h2-25H,1H3. The van der Waals surface area contributed by atoms with E-state index in [2.05, 4.69) is 60.7 Å². The van der Waals surface area contributed by atoms with Gasteiger partial charge >= 0.3 is 0 Å². The van der Waals surface area contributed by atoms with Gasteiger partial charge in [-0.15, -0.1) is 0 Å². The quantitative estimate of drug-likeness (QED) is 0.191. The number of aryl methyl sites for hydroxylation is 1. The summed E-state index contributed by atoms with van der Waals surface area (Å²) in [5, 5.41) is 2.11. The summed E-state index contributed by atoms with van der Waals surface area (Å²) in [6.07, 6.45) is 0. The Morgan fingerprint density at radius 2 is 0.911 bits per heavy atom. The van der Waals surface area contributed by atoms with Gasteiger partial charge in [-0.25, -0.2) is 19.9 Å². The normalized spacial score (nSPS) is 11.2. The number of benzene rings is 5. The zero-order valence-electron chi connectivity index (χ0n) is 24.6. The van der Waals surface area contributed by atoms with E-state index < -0.39 is 0 Å². The molecular weight excluding hydrogens is 550 g/mol. The maximum Gasteiger partial charge on any atom is 0.164 e. The molecule has 0 N–H and O–H groups in total. The van der Waals surface area contributed by atoms with Gasteiger partial charge in [0.2, 0.25) is 0 Å².